The lowest BCUT2D eigenvalue weighted by molar-refractivity contribution is -0.126. The molecular formula is C11H18N2OS. The Morgan fingerprint density at radius 1 is 1.60 bits per heavy atom. The molecule has 0 aromatic carbocycles. The molecule has 1 unspecified atom stereocenters. The number of primary amides is 1. The predicted octanol–water partition coefficient (Wildman–Crippen LogP) is 1.96. The fraction of sp³-hybridized carbons (Fsp3) is 0.545. The Kier molecular flexibility index (Phi) is 3.52. The van der Waals surface area contributed by atoms with Gasteiger partial charge in [0.15, 0.2) is 0 Å². The molecule has 1 atom stereocenters. The number of carbonyl (C=O) groups is 1. The Bertz CT molecular complexity index is 357. The summed E-state index contributed by atoms with van der Waals surface area (Å²) >= 11 is 1.63. The Hall–Kier alpha value is -0.870. The van der Waals surface area contributed by atoms with Gasteiger partial charge in [0.2, 0.25) is 5.91 Å². The number of rotatable bonds is 4. The van der Waals surface area contributed by atoms with Crippen molar-refractivity contribution in [2.75, 3.05) is 0 Å². The number of aryl methyl sites for hydroxylation is 1. The lowest BCUT2D eigenvalue weighted by Crippen LogP contribution is -2.34. The third kappa shape index (κ3) is 2.79. The normalized spacial score (nSPS) is 13.9. The van der Waals surface area contributed by atoms with Crippen LogP contribution in [0, 0.1) is 12.3 Å². The van der Waals surface area contributed by atoms with E-state index in [9.17, 15) is 4.79 Å². The van der Waals surface area contributed by atoms with E-state index in [1.165, 1.54) is 5.56 Å². The minimum Gasteiger partial charge on any atom is -0.369 e. The maximum absolute atomic E-state index is 11.2. The van der Waals surface area contributed by atoms with Crippen LogP contribution in [0.2, 0.25) is 0 Å². The number of hydrogen-bond donors (Lipinski definition) is 2. The third-order valence-corrected chi connectivity index (χ3v) is 3.79. The molecule has 0 bridgehead atoms. The SMILES string of the molecule is Cc1ccsc1C(N)CC(C)(C)C(N)=O. The van der Waals surface area contributed by atoms with Crippen LogP contribution in [-0.2, 0) is 4.79 Å². The summed E-state index contributed by atoms with van der Waals surface area (Å²) in [6.45, 7) is 5.69. The van der Waals surface area contributed by atoms with E-state index < -0.39 is 5.41 Å². The Morgan fingerprint density at radius 3 is 2.60 bits per heavy atom. The summed E-state index contributed by atoms with van der Waals surface area (Å²) in [7, 11) is 0. The van der Waals surface area contributed by atoms with Crippen molar-refractivity contribution in [3.63, 3.8) is 0 Å². The molecule has 0 saturated heterocycles. The highest BCUT2D eigenvalue weighted by atomic mass is 32.1. The van der Waals surface area contributed by atoms with E-state index in [2.05, 4.69) is 0 Å². The molecule has 0 aliphatic heterocycles. The van der Waals surface area contributed by atoms with Gasteiger partial charge in [0.1, 0.15) is 0 Å². The van der Waals surface area contributed by atoms with Gasteiger partial charge in [0.25, 0.3) is 0 Å². The highest BCUT2D eigenvalue weighted by Gasteiger charge is 2.28. The van der Waals surface area contributed by atoms with Crippen LogP contribution >= 0.6 is 11.3 Å². The molecule has 84 valence electrons. The van der Waals surface area contributed by atoms with Gasteiger partial charge in [-0.3, -0.25) is 4.79 Å². The summed E-state index contributed by atoms with van der Waals surface area (Å²) in [6, 6.07) is 1.93. The van der Waals surface area contributed by atoms with E-state index in [-0.39, 0.29) is 11.9 Å². The van der Waals surface area contributed by atoms with Crippen molar-refractivity contribution < 1.29 is 4.79 Å². The first kappa shape index (κ1) is 12.2. The van der Waals surface area contributed by atoms with E-state index in [1.54, 1.807) is 11.3 Å². The molecule has 4 N–H and O–H groups in total. The molecule has 0 aliphatic rings. The van der Waals surface area contributed by atoms with Crippen LogP contribution in [-0.4, -0.2) is 5.91 Å². The zero-order chi connectivity index (χ0) is 11.6. The van der Waals surface area contributed by atoms with Crippen LogP contribution in [0.25, 0.3) is 0 Å². The average molecular weight is 226 g/mol. The van der Waals surface area contributed by atoms with Crippen molar-refractivity contribution in [3.05, 3.63) is 21.9 Å². The van der Waals surface area contributed by atoms with E-state index in [1.807, 2.05) is 32.2 Å². The molecule has 0 fully saturated rings. The molecule has 0 saturated carbocycles. The highest BCUT2D eigenvalue weighted by molar-refractivity contribution is 7.10. The maximum Gasteiger partial charge on any atom is 0.223 e. The van der Waals surface area contributed by atoms with Gasteiger partial charge in [-0.15, -0.1) is 11.3 Å². The van der Waals surface area contributed by atoms with E-state index in [4.69, 9.17) is 11.5 Å². The largest absolute Gasteiger partial charge is 0.369 e. The van der Waals surface area contributed by atoms with Crippen molar-refractivity contribution >= 4 is 17.2 Å². The molecule has 0 spiro atoms. The Labute approximate surface area is 94.5 Å². The van der Waals surface area contributed by atoms with Crippen LogP contribution in [0.4, 0.5) is 0 Å². The quantitative estimate of drug-likeness (QED) is 0.824. The van der Waals surface area contributed by atoms with Gasteiger partial charge in [-0.1, -0.05) is 13.8 Å². The van der Waals surface area contributed by atoms with Gasteiger partial charge in [-0.2, -0.15) is 0 Å². The van der Waals surface area contributed by atoms with Crippen molar-refractivity contribution in [2.45, 2.75) is 33.2 Å². The summed E-state index contributed by atoms with van der Waals surface area (Å²) in [6.07, 6.45) is 0.587. The molecule has 1 amide bonds. The second kappa shape index (κ2) is 4.33. The monoisotopic (exact) mass is 226 g/mol. The second-order valence-electron chi connectivity index (χ2n) is 4.53. The summed E-state index contributed by atoms with van der Waals surface area (Å²) in [5.41, 5.74) is 12.0. The van der Waals surface area contributed by atoms with Gasteiger partial charge in [-0.05, 0) is 30.4 Å². The smallest absolute Gasteiger partial charge is 0.223 e. The van der Waals surface area contributed by atoms with E-state index >= 15 is 0 Å². The first-order valence-electron chi connectivity index (χ1n) is 4.94. The molecule has 15 heavy (non-hydrogen) atoms. The van der Waals surface area contributed by atoms with Gasteiger partial charge >= 0.3 is 0 Å². The van der Waals surface area contributed by atoms with Crippen LogP contribution < -0.4 is 11.5 Å². The lowest BCUT2D eigenvalue weighted by Gasteiger charge is -2.24. The minimum absolute atomic E-state index is 0.104. The molecule has 1 rings (SSSR count). The number of hydrogen-bond acceptors (Lipinski definition) is 3. The first-order valence-corrected chi connectivity index (χ1v) is 5.82. The Morgan fingerprint density at radius 2 is 2.20 bits per heavy atom. The standard InChI is InChI=1S/C11H18N2OS/c1-7-4-5-15-9(7)8(12)6-11(2,3)10(13)14/h4-5,8H,6,12H2,1-3H3,(H2,13,14). The van der Waals surface area contributed by atoms with Gasteiger partial charge in [-0.25, -0.2) is 0 Å². The molecular weight excluding hydrogens is 208 g/mol. The zero-order valence-electron chi connectivity index (χ0n) is 9.41. The average Bonchev–Trinajstić information content (AvgIpc) is 2.50. The molecule has 0 aliphatic carbocycles. The van der Waals surface area contributed by atoms with Gasteiger partial charge < -0.3 is 11.5 Å². The van der Waals surface area contributed by atoms with E-state index in [0.717, 1.165) is 4.88 Å². The van der Waals surface area contributed by atoms with Gasteiger partial charge in [0, 0.05) is 16.3 Å². The number of carbonyl (C=O) groups excluding carboxylic acids is 1. The van der Waals surface area contributed by atoms with Crippen LogP contribution in [0.3, 0.4) is 0 Å². The van der Waals surface area contributed by atoms with Crippen molar-refractivity contribution in [2.24, 2.45) is 16.9 Å². The number of nitrogens with two attached hydrogens (primary N) is 2. The van der Waals surface area contributed by atoms with Crippen LogP contribution in [0.5, 0.6) is 0 Å². The number of amides is 1. The summed E-state index contributed by atoms with van der Waals surface area (Å²) in [4.78, 5) is 12.3. The van der Waals surface area contributed by atoms with Crippen LogP contribution in [0.1, 0.15) is 36.8 Å². The molecule has 1 aromatic rings. The second-order valence-corrected chi connectivity index (χ2v) is 5.47. The topological polar surface area (TPSA) is 69.1 Å². The maximum atomic E-state index is 11.2. The summed E-state index contributed by atoms with van der Waals surface area (Å²) in [5.74, 6) is -0.299. The molecule has 0 radical (unpaired) electrons. The van der Waals surface area contributed by atoms with E-state index in [0.29, 0.717) is 6.42 Å². The summed E-state index contributed by atoms with van der Waals surface area (Å²) in [5, 5.41) is 2.02. The first-order chi connectivity index (χ1) is 6.84. The fourth-order valence-corrected chi connectivity index (χ4v) is 2.44. The molecule has 1 heterocycles. The highest BCUT2D eigenvalue weighted by Crippen LogP contribution is 2.32. The molecule has 3 nitrogen and oxygen atoms in total. The molecule has 1 aromatic heterocycles. The third-order valence-electron chi connectivity index (χ3n) is 2.64. The zero-order valence-corrected chi connectivity index (χ0v) is 10.2. The number of thiophene rings is 1. The van der Waals surface area contributed by atoms with Gasteiger partial charge in [0.05, 0.1) is 0 Å². The van der Waals surface area contributed by atoms with Crippen molar-refractivity contribution in [1.82, 2.24) is 0 Å². The van der Waals surface area contributed by atoms with Crippen LogP contribution in [0.15, 0.2) is 11.4 Å². The Balaban J connectivity index is 2.76. The predicted molar refractivity (Wildman–Crippen MR) is 63.6 cm³/mol. The lowest BCUT2D eigenvalue weighted by atomic mass is 9.84. The summed E-state index contributed by atoms with van der Waals surface area (Å²) < 4.78 is 0. The van der Waals surface area contributed by atoms with Crippen molar-refractivity contribution in [1.29, 1.82) is 0 Å². The minimum atomic E-state index is -0.546. The molecule has 4 heteroatoms. The fourth-order valence-electron chi connectivity index (χ4n) is 1.51. The van der Waals surface area contributed by atoms with Crippen molar-refractivity contribution in [3.8, 4) is 0 Å².